The number of nitrogens with zero attached hydrogens (tertiary/aromatic N) is 3. The molecular formula is C16H12F6N4O2. The minimum Gasteiger partial charge on any atom is -0.403 e. The Morgan fingerprint density at radius 2 is 1.93 bits per heavy atom. The lowest BCUT2D eigenvalue weighted by molar-refractivity contribution is -0.275. The van der Waals surface area contributed by atoms with Crippen LogP contribution < -0.4 is 10.3 Å². The van der Waals surface area contributed by atoms with Crippen LogP contribution in [0.1, 0.15) is 36.5 Å². The molecule has 150 valence electrons. The molecule has 2 aromatic heterocycles. The average Bonchev–Trinajstić information content (AvgIpc) is 2.94. The number of halogens is 6. The minimum atomic E-state index is -5.07. The van der Waals surface area contributed by atoms with E-state index in [1.165, 1.54) is 13.8 Å². The molecular weight excluding hydrogens is 394 g/mol. The molecule has 0 saturated carbocycles. The van der Waals surface area contributed by atoms with Crippen molar-refractivity contribution in [1.29, 1.82) is 0 Å². The molecule has 1 N–H and O–H groups in total. The van der Waals surface area contributed by atoms with E-state index in [-0.39, 0.29) is 17.0 Å². The number of hydrogen-bond donors (Lipinski definition) is 1. The molecule has 0 spiro atoms. The zero-order valence-corrected chi connectivity index (χ0v) is 14.3. The Hall–Kier alpha value is -3.05. The van der Waals surface area contributed by atoms with Crippen LogP contribution in [0.5, 0.6) is 5.75 Å². The molecule has 12 heteroatoms. The molecule has 0 amide bonds. The van der Waals surface area contributed by atoms with Gasteiger partial charge in [-0.3, -0.25) is 4.79 Å². The first-order valence-electron chi connectivity index (χ1n) is 7.80. The van der Waals surface area contributed by atoms with Crippen LogP contribution in [0.2, 0.25) is 0 Å². The highest BCUT2D eigenvalue weighted by atomic mass is 19.4. The Balaban J connectivity index is 2.10. The SMILES string of the molecule is Cc1nc2c(c(C(F)F)nn2[C@H](C)c2ccc(OC(F)(F)F)c(F)c2)c(=O)[nH]1. The number of nitrogens with one attached hydrogen (secondary N) is 1. The number of rotatable bonds is 4. The van der Waals surface area contributed by atoms with E-state index in [0.717, 1.165) is 22.9 Å². The lowest BCUT2D eigenvalue weighted by Crippen LogP contribution is -2.18. The smallest absolute Gasteiger partial charge is 0.403 e. The van der Waals surface area contributed by atoms with Crippen LogP contribution in [0.25, 0.3) is 11.0 Å². The van der Waals surface area contributed by atoms with Crippen molar-refractivity contribution in [3.8, 4) is 5.75 Å². The predicted octanol–water partition coefficient (Wildman–Crippen LogP) is 4.01. The monoisotopic (exact) mass is 406 g/mol. The minimum absolute atomic E-state index is 0.108. The van der Waals surface area contributed by atoms with E-state index in [1.54, 1.807) is 0 Å². The molecule has 1 atom stereocenters. The molecule has 0 aliphatic rings. The third-order valence-corrected chi connectivity index (χ3v) is 3.94. The Morgan fingerprint density at radius 1 is 1.25 bits per heavy atom. The normalized spacial score (nSPS) is 13.3. The quantitative estimate of drug-likeness (QED) is 0.665. The van der Waals surface area contributed by atoms with E-state index < -0.39 is 47.0 Å². The number of H-pyrrole nitrogens is 1. The van der Waals surface area contributed by atoms with E-state index in [2.05, 4.69) is 19.8 Å². The standard InChI is InChI=1S/C16H12F6N4O2/c1-6(8-3-4-10(9(17)5-8)28-16(20,21)22)26-14-11(12(25-26)13(18)19)15(27)24-7(2)23-14/h3-6,13H,1-2H3,(H,23,24,27)/t6-/m1/s1. The van der Waals surface area contributed by atoms with Gasteiger partial charge >= 0.3 is 6.36 Å². The molecule has 3 rings (SSSR count). The van der Waals surface area contributed by atoms with Gasteiger partial charge in [0.05, 0.1) is 6.04 Å². The Kier molecular flexibility index (Phi) is 4.81. The summed E-state index contributed by atoms with van der Waals surface area (Å²) in [6, 6.07) is 1.74. The Labute approximate surface area is 152 Å². The van der Waals surface area contributed by atoms with E-state index in [4.69, 9.17) is 0 Å². The first-order chi connectivity index (χ1) is 13.0. The summed E-state index contributed by atoms with van der Waals surface area (Å²) in [5.74, 6) is -2.19. The topological polar surface area (TPSA) is 72.8 Å². The van der Waals surface area contributed by atoms with Crippen molar-refractivity contribution in [3.05, 3.63) is 51.5 Å². The van der Waals surface area contributed by atoms with Gasteiger partial charge in [0.25, 0.3) is 12.0 Å². The van der Waals surface area contributed by atoms with Crippen molar-refractivity contribution < 1.29 is 31.1 Å². The number of fused-ring (bicyclic) bond motifs is 1. The molecule has 2 heterocycles. The molecule has 1 aromatic carbocycles. The highest BCUT2D eigenvalue weighted by molar-refractivity contribution is 5.77. The summed E-state index contributed by atoms with van der Waals surface area (Å²) >= 11 is 0. The number of benzene rings is 1. The second-order valence-corrected chi connectivity index (χ2v) is 5.89. The van der Waals surface area contributed by atoms with Gasteiger partial charge in [0, 0.05) is 0 Å². The van der Waals surface area contributed by atoms with Gasteiger partial charge in [-0.1, -0.05) is 6.07 Å². The summed E-state index contributed by atoms with van der Waals surface area (Å²) in [6.07, 6.45) is -8.14. The molecule has 0 saturated heterocycles. The zero-order chi connectivity index (χ0) is 20.8. The molecule has 6 nitrogen and oxygen atoms in total. The van der Waals surface area contributed by atoms with Crippen molar-refractivity contribution >= 4 is 11.0 Å². The molecule has 28 heavy (non-hydrogen) atoms. The third-order valence-electron chi connectivity index (χ3n) is 3.94. The zero-order valence-electron chi connectivity index (χ0n) is 14.3. The summed E-state index contributed by atoms with van der Waals surface area (Å²) in [5.41, 5.74) is -1.65. The van der Waals surface area contributed by atoms with Crippen molar-refractivity contribution in [2.45, 2.75) is 32.7 Å². The van der Waals surface area contributed by atoms with E-state index in [0.29, 0.717) is 0 Å². The number of aryl methyl sites for hydroxylation is 1. The summed E-state index contributed by atoms with van der Waals surface area (Å²) in [6.45, 7) is 2.88. The van der Waals surface area contributed by atoms with Crippen LogP contribution >= 0.6 is 0 Å². The maximum Gasteiger partial charge on any atom is 0.573 e. The van der Waals surface area contributed by atoms with Gasteiger partial charge in [0.15, 0.2) is 17.2 Å². The Bertz CT molecular complexity index is 1090. The lowest BCUT2D eigenvalue weighted by Gasteiger charge is -2.15. The first-order valence-corrected chi connectivity index (χ1v) is 7.80. The van der Waals surface area contributed by atoms with Crippen LogP contribution in [0.15, 0.2) is 23.0 Å². The van der Waals surface area contributed by atoms with E-state index in [9.17, 15) is 31.1 Å². The molecule has 0 aliphatic carbocycles. The van der Waals surface area contributed by atoms with Crippen molar-refractivity contribution in [1.82, 2.24) is 19.7 Å². The van der Waals surface area contributed by atoms with Crippen LogP contribution in [0.4, 0.5) is 26.3 Å². The number of ether oxygens (including phenoxy) is 1. The van der Waals surface area contributed by atoms with Crippen LogP contribution in [-0.4, -0.2) is 26.1 Å². The molecule has 0 unspecified atom stereocenters. The highest BCUT2D eigenvalue weighted by Gasteiger charge is 2.32. The summed E-state index contributed by atoms with van der Waals surface area (Å²) in [7, 11) is 0. The number of alkyl halides is 5. The maximum absolute atomic E-state index is 14.0. The molecule has 0 radical (unpaired) electrons. The molecule has 0 bridgehead atoms. The van der Waals surface area contributed by atoms with Gasteiger partial charge in [-0.15, -0.1) is 13.2 Å². The van der Waals surface area contributed by atoms with E-state index in [1.807, 2.05) is 0 Å². The second kappa shape index (κ2) is 6.84. The van der Waals surface area contributed by atoms with Crippen LogP contribution in [0.3, 0.4) is 0 Å². The summed E-state index contributed by atoms with van der Waals surface area (Å²) in [5, 5.41) is 3.32. The lowest BCUT2D eigenvalue weighted by atomic mass is 10.1. The van der Waals surface area contributed by atoms with Crippen molar-refractivity contribution in [2.24, 2.45) is 0 Å². The summed E-state index contributed by atoms with van der Waals surface area (Å²) < 4.78 is 81.9. The third kappa shape index (κ3) is 3.66. The number of aromatic nitrogens is 4. The summed E-state index contributed by atoms with van der Waals surface area (Å²) in [4.78, 5) is 18.4. The van der Waals surface area contributed by atoms with Gasteiger partial charge in [-0.05, 0) is 31.5 Å². The fourth-order valence-corrected chi connectivity index (χ4v) is 2.73. The van der Waals surface area contributed by atoms with Gasteiger partial charge in [-0.2, -0.15) is 5.10 Å². The van der Waals surface area contributed by atoms with E-state index >= 15 is 0 Å². The van der Waals surface area contributed by atoms with Crippen molar-refractivity contribution in [3.63, 3.8) is 0 Å². The highest BCUT2D eigenvalue weighted by Crippen LogP contribution is 2.31. The largest absolute Gasteiger partial charge is 0.573 e. The molecule has 3 aromatic rings. The van der Waals surface area contributed by atoms with Gasteiger partial charge in [-0.25, -0.2) is 22.8 Å². The Morgan fingerprint density at radius 3 is 2.50 bits per heavy atom. The van der Waals surface area contributed by atoms with Gasteiger partial charge in [0.2, 0.25) is 0 Å². The number of aromatic amines is 1. The van der Waals surface area contributed by atoms with Gasteiger partial charge < -0.3 is 9.72 Å². The molecule has 0 aliphatic heterocycles. The van der Waals surface area contributed by atoms with Crippen molar-refractivity contribution in [2.75, 3.05) is 0 Å². The average molecular weight is 406 g/mol. The van der Waals surface area contributed by atoms with Crippen LogP contribution in [0, 0.1) is 12.7 Å². The maximum atomic E-state index is 14.0. The van der Waals surface area contributed by atoms with Gasteiger partial charge in [0.1, 0.15) is 16.9 Å². The number of hydrogen-bond acceptors (Lipinski definition) is 4. The fraction of sp³-hybridized carbons (Fsp3) is 0.312. The second-order valence-electron chi connectivity index (χ2n) is 5.89. The molecule has 0 fully saturated rings. The van der Waals surface area contributed by atoms with Crippen LogP contribution in [-0.2, 0) is 0 Å². The predicted molar refractivity (Wildman–Crippen MR) is 84.7 cm³/mol. The fourth-order valence-electron chi connectivity index (χ4n) is 2.73. The first kappa shape index (κ1) is 19.7.